The zero-order valence-corrected chi connectivity index (χ0v) is 9.33. The molecule has 0 saturated heterocycles. The molecule has 0 saturated carbocycles. The van der Waals surface area contributed by atoms with Gasteiger partial charge in [0.2, 0.25) is 5.01 Å². The summed E-state index contributed by atoms with van der Waals surface area (Å²) in [5, 5.41) is 20.0. The van der Waals surface area contributed by atoms with Crippen molar-refractivity contribution in [3.8, 4) is 0 Å². The molecule has 88 valence electrons. The lowest BCUT2D eigenvalue weighted by molar-refractivity contribution is -0.384. The first kappa shape index (κ1) is 12.8. The van der Waals surface area contributed by atoms with Crippen molar-refractivity contribution in [1.82, 2.24) is 4.98 Å². The second kappa shape index (κ2) is 6.33. The zero-order chi connectivity index (χ0) is 12.7. The van der Waals surface area contributed by atoms with Crippen LogP contribution >= 0.6 is 11.3 Å². The van der Waals surface area contributed by atoms with Gasteiger partial charge in [-0.3, -0.25) is 10.1 Å². The second-order valence-corrected chi connectivity index (χ2v) is 3.63. The number of thiazole rings is 1. The third-order valence-electron chi connectivity index (χ3n) is 1.58. The van der Waals surface area contributed by atoms with E-state index in [1.165, 1.54) is 18.3 Å². The van der Waals surface area contributed by atoms with Crippen LogP contribution in [0.1, 0.15) is 9.80 Å². The normalized spacial score (nSPS) is 8.94. The van der Waals surface area contributed by atoms with Crippen LogP contribution in [-0.2, 0) is 0 Å². The summed E-state index contributed by atoms with van der Waals surface area (Å²) >= 11 is 1.12. The number of rotatable bonds is 2. The van der Waals surface area contributed by atoms with Gasteiger partial charge in [-0.05, 0) is 0 Å². The van der Waals surface area contributed by atoms with E-state index in [1.807, 2.05) is 0 Å². The lowest BCUT2D eigenvalue weighted by Gasteiger charge is -1.85. The highest BCUT2D eigenvalue weighted by Gasteiger charge is 2.01. The van der Waals surface area contributed by atoms with Crippen LogP contribution in [0, 0.1) is 10.1 Å². The summed E-state index contributed by atoms with van der Waals surface area (Å²) in [7, 11) is 0. The van der Waals surface area contributed by atoms with Crippen molar-refractivity contribution >= 4 is 23.0 Å². The van der Waals surface area contributed by atoms with Crippen LogP contribution in [0.4, 0.5) is 5.69 Å². The monoisotopic (exact) mass is 252 g/mol. The third-order valence-corrected chi connectivity index (χ3v) is 2.34. The molecule has 2 rings (SSSR count). The molecule has 17 heavy (non-hydrogen) atoms. The van der Waals surface area contributed by atoms with Crippen LogP contribution in [0.15, 0.2) is 41.9 Å². The lowest BCUT2D eigenvalue weighted by Crippen LogP contribution is -1.92. The highest BCUT2D eigenvalue weighted by atomic mass is 32.1. The fourth-order valence-electron chi connectivity index (χ4n) is 0.879. The summed E-state index contributed by atoms with van der Waals surface area (Å²) in [5.41, 5.74) is 0.137. The van der Waals surface area contributed by atoms with E-state index in [1.54, 1.807) is 23.6 Å². The summed E-state index contributed by atoms with van der Waals surface area (Å²) in [4.78, 5) is 23.1. The van der Waals surface area contributed by atoms with Crippen molar-refractivity contribution in [3.05, 3.63) is 57.0 Å². The summed E-state index contributed by atoms with van der Waals surface area (Å²) in [6, 6.07) is 7.93. The summed E-state index contributed by atoms with van der Waals surface area (Å²) in [6.45, 7) is 0. The Morgan fingerprint density at radius 2 is 2.00 bits per heavy atom. The van der Waals surface area contributed by atoms with Gasteiger partial charge in [-0.2, -0.15) is 0 Å². The summed E-state index contributed by atoms with van der Waals surface area (Å²) in [6.07, 6.45) is 1.47. The maximum Gasteiger partial charge on any atom is 0.364 e. The van der Waals surface area contributed by atoms with E-state index in [0.717, 1.165) is 11.3 Å². The SMILES string of the molecule is O=C(O)c1nccs1.O=[N+]([O-])c1ccccc1. The van der Waals surface area contributed by atoms with E-state index < -0.39 is 10.9 Å². The van der Waals surface area contributed by atoms with Gasteiger partial charge in [-0.1, -0.05) is 18.2 Å². The fraction of sp³-hybridized carbons (Fsp3) is 0. The van der Waals surface area contributed by atoms with Gasteiger partial charge in [0.15, 0.2) is 0 Å². The van der Waals surface area contributed by atoms with Crippen LogP contribution < -0.4 is 0 Å². The van der Waals surface area contributed by atoms with Gasteiger partial charge in [0.25, 0.3) is 5.69 Å². The number of para-hydroxylation sites is 1. The van der Waals surface area contributed by atoms with Gasteiger partial charge in [0.05, 0.1) is 4.92 Å². The number of nitro benzene ring substituents is 1. The first-order chi connectivity index (χ1) is 8.11. The Morgan fingerprint density at radius 3 is 2.29 bits per heavy atom. The Kier molecular flexibility index (Phi) is 4.77. The van der Waals surface area contributed by atoms with E-state index in [-0.39, 0.29) is 10.7 Å². The second-order valence-electron chi connectivity index (χ2n) is 2.74. The predicted octanol–water partition coefficient (Wildman–Crippen LogP) is 2.44. The van der Waals surface area contributed by atoms with Gasteiger partial charge < -0.3 is 5.11 Å². The molecule has 1 aromatic heterocycles. The van der Waals surface area contributed by atoms with Crippen LogP contribution in [0.25, 0.3) is 0 Å². The molecule has 2 aromatic rings. The molecule has 1 N–H and O–H groups in total. The maximum absolute atomic E-state index is 10.0. The highest BCUT2D eigenvalue weighted by molar-refractivity contribution is 7.11. The lowest BCUT2D eigenvalue weighted by atomic mass is 10.3. The van der Waals surface area contributed by atoms with E-state index in [9.17, 15) is 14.9 Å². The molecular formula is C10H8N2O4S. The Bertz CT molecular complexity index is 484. The number of hydrogen-bond donors (Lipinski definition) is 1. The number of aromatic carboxylic acids is 1. The molecule has 0 fully saturated rings. The van der Waals surface area contributed by atoms with Crippen molar-refractivity contribution in [3.63, 3.8) is 0 Å². The fourth-order valence-corrected chi connectivity index (χ4v) is 1.35. The predicted molar refractivity (Wildman–Crippen MR) is 62.2 cm³/mol. The van der Waals surface area contributed by atoms with E-state index in [2.05, 4.69) is 4.98 Å². The number of nitrogens with zero attached hydrogens (tertiary/aromatic N) is 2. The molecule has 0 radical (unpaired) electrons. The van der Waals surface area contributed by atoms with Crippen LogP contribution in [0.2, 0.25) is 0 Å². The number of hydrogen-bond acceptors (Lipinski definition) is 5. The number of non-ortho nitro benzene ring substituents is 1. The molecule has 0 bridgehead atoms. The number of aromatic nitrogens is 1. The smallest absolute Gasteiger partial charge is 0.364 e. The number of benzene rings is 1. The molecule has 0 aliphatic heterocycles. The number of carbonyl (C=O) groups is 1. The van der Waals surface area contributed by atoms with Gasteiger partial charge >= 0.3 is 5.97 Å². The molecule has 0 atom stereocenters. The van der Waals surface area contributed by atoms with Crippen LogP contribution in [-0.4, -0.2) is 21.0 Å². The zero-order valence-electron chi connectivity index (χ0n) is 8.52. The molecule has 7 heteroatoms. The third kappa shape index (κ3) is 4.39. The topological polar surface area (TPSA) is 93.3 Å². The van der Waals surface area contributed by atoms with Gasteiger partial charge in [0, 0.05) is 23.7 Å². The quantitative estimate of drug-likeness (QED) is 0.654. The summed E-state index contributed by atoms with van der Waals surface area (Å²) < 4.78 is 0. The van der Waals surface area contributed by atoms with Gasteiger partial charge in [-0.25, -0.2) is 9.78 Å². The molecule has 0 unspecified atom stereocenters. The van der Waals surface area contributed by atoms with Crippen molar-refractivity contribution in [1.29, 1.82) is 0 Å². The first-order valence-corrected chi connectivity index (χ1v) is 5.31. The van der Waals surface area contributed by atoms with Crippen molar-refractivity contribution in [2.24, 2.45) is 0 Å². The standard InChI is InChI=1S/C6H5NO2.C4H3NO2S/c8-7(9)6-4-2-1-3-5-6;6-4(7)3-5-1-2-8-3/h1-5H;1-2H,(H,6,7). The number of carboxylic acids is 1. The molecule has 1 aromatic carbocycles. The van der Waals surface area contributed by atoms with Gasteiger partial charge in [-0.15, -0.1) is 11.3 Å². The molecule has 0 aliphatic rings. The molecular weight excluding hydrogens is 244 g/mol. The largest absolute Gasteiger partial charge is 0.476 e. The molecule has 0 aliphatic carbocycles. The Labute approximate surface area is 100 Å². The molecule has 6 nitrogen and oxygen atoms in total. The minimum Gasteiger partial charge on any atom is -0.476 e. The van der Waals surface area contributed by atoms with Crippen LogP contribution in [0.3, 0.4) is 0 Å². The molecule has 0 spiro atoms. The van der Waals surface area contributed by atoms with Crippen molar-refractivity contribution in [2.45, 2.75) is 0 Å². The minimum absolute atomic E-state index is 0.137. The number of nitro groups is 1. The maximum atomic E-state index is 10.0. The average Bonchev–Trinajstić information content (AvgIpc) is 2.84. The average molecular weight is 252 g/mol. The van der Waals surface area contributed by atoms with E-state index >= 15 is 0 Å². The Balaban J connectivity index is 0.000000171. The summed E-state index contributed by atoms with van der Waals surface area (Å²) in [5.74, 6) is -0.958. The van der Waals surface area contributed by atoms with Gasteiger partial charge in [0.1, 0.15) is 0 Å². The first-order valence-electron chi connectivity index (χ1n) is 4.43. The Hall–Kier alpha value is -2.28. The number of carboxylic acid groups (broad SMARTS) is 1. The Morgan fingerprint density at radius 1 is 1.35 bits per heavy atom. The van der Waals surface area contributed by atoms with Crippen LogP contribution in [0.5, 0.6) is 0 Å². The van der Waals surface area contributed by atoms with Crippen molar-refractivity contribution < 1.29 is 14.8 Å². The molecule has 1 heterocycles. The van der Waals surface area contributed by atoms with E-state index in [4.69, 9.17) is 5.11 Å². The minimum atomic E-state index is -0.958. The van der Waals surface area contributed by atoms with Crippen molar-refractivity contribution in [2.75, 3.05) is 0 Å². The van der Waals surface area contributed by atoms with E-state index in [0.29, 0.717) is 0 Å². The molecule has 0 amide bonds. The highest BCUT2D eigenvalue weighted by Crippen LogP contribution is 2.06.